The van der Waals surface area contributed by atoms with Crippen LogP contribution in [0.1, 0.15) is 11.6 Å². The zero-order chi connectivity index (χ0) is 14.4. The second-order valence-electron chi connectivity index (χ2n) is 4.11. The summed E-state index contributed by atoms with van der Waals surface area (Å²) in [5, 5.41) is 0.511. The quantitative estimate of drug-likeness (QED) is 0.632. The van der Waals surface area contributed by atoms with Gasteiger partial charge in [-0.1, -0.05) is 29.8 Å². The standard InChI is InChI=1S/C12H17ClN4O2/c13-9-4-2-1-3-8(9)10(5-14)17(6-11(15)18)7-12(16)19/h1-4,10H,5-7,14H2,(H2,15,18)(H2,16,19). The Hall–Kier alpha value is -1.63. The fourth-order valence-corrected chi connectivity index (χ4v) is 2.16. The van der Waals surface area contributed by atoms with E-state index in [0.717, 1.165) is 5.56 Å². The predicted molar refractivity (Wildman–Crippen MR) is 73.2 cm³/mol. The van der Waals surface area contributed by atoms with Crippen LogP contribution in [0.3, 0.4) is 0 Å². The average Bonchev–Trinajstić information content (AvgIpc) is 2.30. The van der Waals surface area contributed by atoms with Gasteiger partial charge in [0, 0.05) is 17.6 Å². The third-order valence-electron chi connectivity index (χ3n) is 2.65. The number of benzene rings is 1. The van der Waals surface area contributed by atoms with E-state index in [9.17, 15) is 9.59 Å². The smallest absolute Gasteiger partial charge is 0.231 e. The van der Waals surface area contributed by atoms with Crippen LogP contribution in [0, 0.1) is 0 Å². The lowest BCUT2D eigenvalue weighted by Crippen LogP contribution is -2.44. The molecule has 0 bridgehead atoms. The summed E-state index contributed by atoms with van der Waals surface area (Å²) in [6.45, 7) is -0.0453. The van der Waals surface area contributed by atoms with Gasteiger partial charge in [0.05, 0.1) is 13.1 Å². The van der Waals surface area contributed by atoms with Crippen LogP contribution in [-0.4, -0.2) is 36.3 Å². The van der Waals surface area contributed by atoms with Crippen molar-refractivity contribution in [3.8, 4) is 0 Å². The number of nitrogens with two attached hydrogens (primary N) is 3. The van der Waals surface area contributed by atoms with Crippen molar-refractivity contribution in [1.82, 2.24) is 4.90 Å². The van der Waals surface area contributed by atoms with Gasteiger partial charge >= 0.3 is 0 Å². The maximum Gasteiger partial charge on any atom is 0.231 e. The van der Waals surface area contributed by atoms with Crippen molar-refractivity contribution < 1.29 is 9.59 Å². The third kappa shape index (κ3) is 4.51. The first-order valence-electron chi connectivity index (χ1n) is 5.70. The SMILES string of the molecule is NCC(c1ccccc1Cl)N(CC(N)=O)CC(N)=O. The summed E-state index contributed by atoms with van der Waals surface area (Å²) in [4.78, 5) is 23.7. The van der Waals surface area contributed by atoms with Gasteiger partial charge in [-0.3, -0.25) is 14.5 Å². The summed E-state index contributed by atoms with van der Waals surface area (Å²) in [6, 6.07) is 6.69. The molecule has 19 heavy (non-hydrogen) atoms. The number of rotatable bonds is 7. The number of hydrogen-bond donors (Lipinski definition) is 3. The zero-order valence-electron chi connectivity index (χ0n) is 10.4. The first-order valence-corrected chi connectivity index (χ1v) is 6.08. The third-order valence-corrected chi connectivity index (χ3v) is 2.99. The van der Waals surface area contributed by atoms with Gasteiger partial charge in [-0.05, 0) is 11.6 Å². The van der Waals surface area contributed by atoms with E-state index in [1.807, 2.05) is 0 Å². The first kappa shape index (κ1) is 15.4. The van der Waals surface area contributed by atoms with Gasteiger partial charge in [-0.25, -0.2) is 0 Å². The molecule has 0 aliphatic rings. The van der Waals surface area contributed by atoms with Crippen LogP contribution >= 0.6 is 11.6 Å². The maximum absolute atomic E-state index is 11.1. The molecule has 2 amide bonds. The van der Waals surface area contributed by atoms with Gasteiger partial charge in [-0.2, -0.15) is 0 Å². The highest BCUT2D eigenvalue weighted by molar-refractivity contribution is 6.31. The van der Waals surface area contributed by atoms with Crippen molar-refractivity contribution in [1.29, 1.82) is 0 Å². The number of hydrogen-bond acceptors (Lipinski definition) is 4. The van der Waals surface area contributed by atoms with Gasteiger partial charge in [0.25, 0.3) is 0 Å². The highest BCUT2D eigenvalue weighted by Crippen LogP contribution is 2.26. The van der Waals surface area contributed by atoms with Crippen molar-refractivity contribution >= 4 is 23.4 Å². The summed E-state index contributed by atoms with van der Waals surface area (Å²) < 4.78 is 0. The Balaban J connectivity index is 3.05. The molecule has 1 aromatic carbocycles. The van der Waals surface area contributed by atoms with E-state index >= 15 is 0 Å². The fraction of sp³-hybridized carbons (Fsp3) is 0.333. The zero-order valence-corrected chi connectivity index (χ0v) is 11.1. The topological polar surface area (TPSA) is 115 Å². The first-order chi connectivity index (χ1) is 8.95. The molecule has 104 valence electrons. The Labute approximate surface area is 116 Å². The van der Waals surface area contributed by atoms with Crippen molar-refractivity contribution in [2.75, 3.05) is 19.6 Å². The number of carbonyl (C=O) groups excluding carboxylic acids is 2. The highest BCUT2D eigenvalue weighted by Gasteiger charge is 2.23. The molecular weight excluding hydrogens is 268 g/mol. The molecule has 0 aliphatic heterocycles. The lowest BCUT2D eigenvalue weighted by atomic mass is 10.0. The Morgan fingerprint density at radius 3 is 2.11 bits per heavy atom. The Kier molecular flexibility index (Phi) is 5.75. The summed E-state index contributed by atoms with van der Waals surface area (Å²) in [5.74, 6) is -1.13. The second-order valence-corrected chi connectivity index (χ2v) is 4.52. The molecule has 7 heteroatoms. The highest BCUT2D eigenvalue weighted by atomic mass is 35.5. The van der Waals surface area contributed by atoms with E-state index in [1.54, 1.807) is 24.3 Å². The van der Waals surface area contributed by atoms with Crippen LogP contribution in [0.25, 0.3) is 0 Å². The van der Waals surface area contributed by atoms with Crippen LogP contribution in [0.2, 0.25) is 5.02 Å². The molecule has 0 saturated heterocycles. The van der Waals surface area contributed by atoms with E-state index in [2.05, 4.69) is 0 Å². The molecule has 0 aromatic heterocycles. The monoisotopic (exact) mass is 284 g/mol. The molecule has 6 nitrogen and oxygen atoms in total. The number of amides is 2. The molecule has 1 aromatic rings. The molecule has 6 N–H and O–H groups in total. The summed E-state index contributed by atoms with van der Waals surface area (Å²) in [7, 11) is 0. The van der Waals surface area contributed by atoms with Crippen molar-refractivity contribution in [3.63, 3.8) is 0 Å². The van der Waals surface area contributed by atoms with E-state index in [0.29, 0.717) is 5.02 Å². The molecule has 1 unspecified atom stereocenters. The van der Waals surface area contributed by atoms with Crippen LogP contribution in [0.5, 0.6) is 0 Å². The second kappa shape index (κ2) is 7.08. The predicted octanol–water partition coefficient (Wildman–Crippen LogP) is -0.388. The van der Waals surface area contributed by atoms with Crippen molar-refractivity contribution in [2.45, 2.75) is 6.04 Å². The summed E-state index contributed by atoms with van der Waals surface area (Å²) in [6.07, 6.45) is 0. The molecule has 0 spiro atoms. The minimum absolute atomic E-state index is 0.115. The normalized spacial score (nSPS) is 12.4. The van der Waals surface area contributed by atoms with Crippen LogP contribution in [0.4, 0.5) is 0 Å². The van der Waals surface area contributed by atoms with Gasteiger partial charge in [-0.15, -0.1) is 0 Å². The molecule has 0 heterocycles. The van der Waals surface area contributed by atoms with E-state index in [1.165, 1.54) is 4.90 Å². The summed E-state index contributed by atoms with van der Waals surface area (Å²) in [5.41, 5.74) is 16.8. The van der Waals surface area contributed by atoms with Gasteiger partial charge in [0.2, 0.25) is 11.8 Å². The van der Waals surface area contributed by atoms with Crippen molar-refractivity contribution in [2.24, 2.45) is 17.2 Å². The minimum atomic E-state index is -0.563. The molecule has 1 atom stereocenters. The summed E-state index contributed by atoms with van der Waals surface area (Å²) >= 11 is 6.10. The average molecular weight is 285 g/mol. The number of nitrogens with zero attached hydrogens (tertiary/aromatic N) is 1. The van der Waals surface area contributed by atoms with Crippen LogP contribution in [-0.2, 0) is 9.59 Å². The van der Waals surface area contributed by atoms with Gasteiger partial charge in [0.15, 0.2) is 0 Å². The maximum atomic E-state index is 11.1. The van der Waals surface area contributed by atoms with E-state index < -0.39 is 17.9 Å². The Bertz CT molecular complexity index is 451. The van der Waals surface area contributed by atoms with Crippen molar-refractivity contribution in [3.05, 3.63) is 34.9 Å². The Morgan fingerprint density at radius 1 is 1.16 bits per heavy atom. The fourth-order valence-electron chi connectivity index (χ4n) is 1.89. The molecule has 0 fully saturated rings. The van der Waals surface area contributed by atoms with Crippen LogP contribution < -0.4 is 17.2 Å². The van der Waals surface area contributed by atoms with E-state index in [4.69, 9.17) is 28.8 Å². The van der Waals surface area contributed by atoms with Gasteiger partial charge < -0.3 is 17.2 Å². The van der Waals surface area contributed by atoms with Crippen LogP contribution in [0.15, 0.2) is 24.3 Å². The molecule has 0 radical (unpaired) electrons. The molecular formula is C12H17ClN4O2. The number of halogens is 1. The van der Waals surface area contributed by atoms with Gasteiger partial charge in [0.1, 0.15) is 0 Å². The number of carbonyl (C=O) groups is 2. The molecule has 0 saturated carbocycles. The number of primary amides is 2. The molecule has 1 rings (SSSR count). The lowest BCUT2D eigenvalue weighted by molar-refractivity contribution is -0.122. The molecule has 0 aliphatic carbocycles. The Morgan fingerprint density at radius 2 is 1.68 bits per heavy atom. The lowest BCUT2D eigenvalue weighted by Gasteiger charge is -2.29. The minimum Gasteiger partial charge on any atom is -0.369 e. The van der Waals surface area contributed by atoms with E-state index in [-0.39, 0.29) is 19.6 Å². The largest absolute Gasteiger partial charge is 0.369 e.